The minimum atomic E-state index is -0.467. The van der Waals surface area contributed by atoms with Crippen molar-refractivity contribution in [3.05, 3.63) is 101 Å². The van der Waals surface area contributed by atoms with E-state index in [1.807, 2.05) is 24.3 Å². The quantitative estimate of drug-likeness (QED) is 0.214. The van der Waals surface area contributed by atoms with Crippen molar-refractivity contribution in [1.82, 2.24) is 0 Å². The third-order valence-electron chi connectivity index (χ3n) is 7.28. The molecule has 0 heterocycles. The third-order valence-corrected chi connectivity index (χ3v) is 7.28. The van der Waals surface area contributed by atoms with Gasteiger partial charge in [0.1, 0.15) is 24.8 Å². The first-order valence-electron chi connectivity index (χ1n) is 13.5. The lowest BCUT2D eigenvalue weighted by Gasteiger charge is -2.22. The van der Waals surface area contributed by atoms with Crippen LogP contribution in [0.2, 0.25) is 0 Å². The number of halogens is 1. The Morgan fingerprint density at radius 3 is 2.29 bits per heavy atom. The van der Waals surface area contributed by atoms with Gasteiger partial charge in [-0.25, -0.2) is 9.18 Å². The van der Waals surface area contributed by atoms with Crippen LogP contribution in [0.5, 0.6) is 5.75 Å². The first-order valence-corrected chi connectivity index (χ1v) is 13.5. The summed E-state index contributed by atoms with van der Waals surface area (Å²) in [7, 11) is 0. The average molecular weight is 517 g/mol. The van der Waals surface area contributed by atoms with Crippen LogP contribution in [-0.4, -0.2) is 24.3 Å². The highest BCUT2D eigenvalue weighted by atomic mass is 19.1. The number of benzene rings is 3. The lowest BCUT2D eigenvalue weighted by molar-refractivity contribution is -0.140. The maximum absolute atomic E-state index is 15.1. The largest absolute Gasteiger partial charge is 0.491 e. The third kappa shape index (κ3) is 7.32. The van der Waals surface area contributed by atoms with E-state index in [2.05, 4.69) is 30.8 Å². The molecule has 1 fully saturated rings. The van der Waals surface area contributed by atoms with E-state index in [9.17, 15) is 4.79 Å². The molecule has 0 radical (unpaired) electrons. The van der Waals surface area contributed by atoms with Gasteiger partial charge >= 0.3 is 5.97 Å². The number of aliphatic hydroxyl groups is 1. The molecule has 0 atom stereocenters. The molecule has 0 amide bonds. The molecule has 4 rings (SSSR count). The number of esters is 1. The van der Waals surface area contributed by atoms with Crippen LogP contribution in [0.3, 0.4) is 0 Å². The number of aliphatic hydroxyl groups excluding tert-OH is 1. The second-order valence-electron chi connectivity index (χ2n) is 10.1. The van der Waals surface area contributed by atoms with Crippen molar-refractivity contribution >= 4 is 5.97 Å². The van der Waals surface area contributed by atoms with Gasteiger partial charge in [-0.15, -0.1) is 0 Å². The zero-order valence-corrected chi connectivity index (χ0v) is 22.2. The standard InChI is InChI=1S/C33H37FO4/c1-23(2)33(36)38-22-30-20-31(37-19-18-35)17-16-27(30)12-13-28-14-15-29(21-32(28)34)26-10-8-25(9-11-26)24-6-4-3-5-7-24/h8-11,14-17,20-21,24,35H,1,3-7,12-13,18-19,22H2,2H3. The fraction of sp³-hybridized carbons (Fsp3) is 0.364. The molecular weight excluding hydrogens is 479 g/mol. The highest BCUT2D eigenvalue weighted by molar-refractivity contribution is 5.86. The van der Waals surface area contributed by atoms with Crippen LogP contribution in [0.1, 0.15) is 67.2 Å². The molecule has 38 heavy (non-hydrogen) atoms. The molecule has 1 saturated carbocycles. The molecular formula is C33H37FO4. The fourth-order valence-electron chi connectivity index (χ4n) is 5.08. The zero-order valence-electron chi connectivity index (χ0n) is 22.2. The van der Waals surface area contributed by atoms with E-state index in [0.29, 0.717) is 35.6 Å². The van der Waals surface area contributed by atoms with Crippen LogP contribution in [0.25, 0.3) is 11.1 Å². The number of hydrogen-bond acceptors (Lipinski definition) is 4. The Bertz CT molecular complexity index is 1240. The van der Waals surface area contributed by atoms with Crippen LogP contribution >= 0.6 is 0 Å². The van der Waals surface area contributed by atoms with E-state index in [0.717, 1.165) is 22.3 Å². The Labute approximate surface area is 225 Å². The van der Waals surface area contributed by atoms with Gasteiger partial charge in [-0.1, -0.05) is 68.3 Å². The van der Waals surface area contributed by atoms with Gasteiger partial charge in [0.05, 0.1) is 6.61 Å². The smallest absolute Gasteiger partial charge is 0.333 e. The van der Waals surface area contributed by atoms with Gasteiger partial charge in [0.25, 0.3) is 0 Å². The van der Waals surface area contributed by atoms with Crippen molar-refractivity contribution in [3.63, 3.8) is 0 Å². The maximum Gasteiger partial charge on any atom is 0.333 e. The van der Waals surface area contributed by atoms with Crippen molar-refractivity contribution in [2.24, 2.45) is 0 Å². The molecule has 1 N–H and O–H groups in total. The SMILES string of the molecule is C=C(C)C(=O)OCc1cc(OCCO)ccc1CCc1ccc(-c2ccc(C3CCCCC3)cc2)cc1F. The van der Waals surface area contributed by atoms with E-state index in [4.69, 9.17) is 14.6 Å². The molecule has 3 aromatic rings. The van der Waals surface area contributed by atoms with Gasteiger partial charge in [-0.3, -0.25) is 0 Å². The zero-order chi connectivity index (χ0) is 26.9. The summed E-state index contributed by atoms with van der Waals surface area (Å²) < 4.78 is 26.0. The van der Waals surface area contributed by atoms with Crippen LogP contribution in [-0.2, 0) is 29.0 Å². The summed E-state index contributed by atoms with van der Waals surface area (Å²) in [4.78, 5) is 11.9. The molecule has 1 aliphatic carbocycles. The molecule has 0 spiro atoms. The second-order valence-corrected chi connectivity index (χ2v) is 10.1. The number of rotatable bonds is 11. The minimum absolute atomic E-state index is 0.0651. The van der Waals surface area contributed by atoms with Crippen LogP contribution in [0, 0.1) is 5.82 Å². The summed E-state index contributed by atoms with van der Waals surface area (Å²) in [6, 6.07) is 19.6. The first kappa shape index (κ1) is 27.6. The highest BCUT2D eigenvalue weighted by Crippen LogP contribution is 2.34. The Morgan fingerprint density at radius 2 is 1.61 bits per heavy atom. The maximum atomic E-state index is 15.1. The molecule has 1 aliphatic rings. The summed E-state index contributed by atoms with van der Waals surface area (Å²) in [5.74, 6) is 0.540. The van der Waals surface area contributed by atoms with Crippen molar-refractivity contribution in [2.45, 2.75) is 64.4 Å². The number of carbonyl (C=O) groups excluding carboxylic acids is 1. The Kier molecular flexibility index (Phi) is 9.72. The number of aryl methyl sites for hydroxylation is 2. The fourth-order valence-corrected chi connectivity index (χ4v) is 5.08. The monoisotopic (exact) mass is 516 g/mol. The second kappa shape index (κ2) is 13.4. The predicted molar refractivity (Wildman–Crippen MR) is 149 cm³/mol. The Morgan fingerprint density at radius 1 is 0.921 bits per heavy atom. The molecule has 5 heteroatoms. The predicted octanol–water partition coefficient (Wildman–Crippen LogP) is 7.32. The van der Waals surface area contributed by atoms with Gasteiger partial charge in [-0.05, 0) is 90.1 Å². The van der Waals surface area contributed by atoms with Crippen molar-refractivity contribution in [3.8, 4) is 16.9 Å². The lowest BCUT2D eigenvalue weighted by Crippen LogP contribution is -2.08. The summed E-state index contributed by atoms with van der Waals surface area (Å²) >= 11 is 0. The van der Waals surface area contributed by atoms with E-state index in [-0.39, 0.29) is 25.6 Å². The summed E-state index contributed by atoms with van der Waals surface area (Å²) in [6.07, 6.45) is 7.56. The van der Waals surface area contributed by atoms with Crippen molar-refractivity contribution in [2.75, 3.05) is 13.2 Å². The van der Waals surface area contributed by atoms with Crippen molar-refractivity contribution in [1.29, 1.82) is 0 Å². The summed E-state index contributed by atoms with van der Waals surface area (Å²) in [5, 5.41) is 9.04. The van der Waals surface area contributed by atoms with Crippen molar-refractivity contribution < 1.29 is 23.8 Å². The number of ether oxygens (including phenoxy) is 2. The van der Waals surface area contributed by atoms with Gasteiger partial charge in [0.2, 0.25) is 0 Å². The Balaban J connectivity index is 1.44. The molecule has 200 valence electrons. The van der Waals surface area contributed by atoms with Gasteiger partial charge in [0.15, 0.2) is 0 Å². The first-order chi connectivity index (χ1) is 18.4. The number of carbonyl (C=O) groups is 1. The van der Waals surface area contributed by atoms with E-state index >= 15 is 4.39 Å². The van der Waals surface area contributed by atoms with Gasteiger partial charge in [0, 0.05) is 5.57 Å². The van der Waals surface area contributed by atoms with Crippen LogP contribution < -0.4 is 4.74 Å². The van der Waals surface area contributed by atoms with E-state index < -0.39 is 5.97 Å². The molecule has 0 aromatic heterocycles. The van der Waals surface area contributed by atoms with E-state index in [1.165, 1.54) is 37.7 Å². The van der Waals surface area contributed by atoms with Crippen LogP contribution in [0.4, 0.5) is 4.39 Å². The summed E-state index contributed by atoms with van der Waals surface area (Å²) in [5.41, 5.74) is 5.98. The molecule has 0 bridgehead atoms. The van der Waals surface area contributed by atoms with E-state index in [1.54, 1.807) is 19.1 Å². The molecule has 3 aromatic carbocycles. The van der Waals surface area contributed by atoms with Gasteiger partial charge < -0.3 is 14.6 Å². The average Bonchev–Trinajstić information content (AvgIpc) is 2.95. The van der Waals surface area contributed by atoms with Gasteiger partial charge in [-0.2, -0.15) is 0 Å². The highest BCUT2D eigenvalue weighted by Gasteiger charge is 2.16. The number of hydrogen-bond donors (Lipinski definition) is 1. The summed E-state index contributed by atoms with van der Waals surface area (Å²) in [6.45, 7) is 5.36. The molecule has 0 aliphatic heterocycles. The topological polar surface area (TPSA) is 55.8 Å². The normalized spacial score (nSPS) is 13.8. The minimum Gasteiger partial charge on any atom is -0.491 e. The Hall–Kier alpha value is -3.44. The van der Waals surface area contributed by atoms with Crippen LogP contribution in [0.15, 0.2) is 72.8 Å². The molecule has 0 saturated heterocycles. The molecule has 4 nitrogen and oxygen atoms in total. The molecule has 0 unspecified atom stereocenters. The lowest BCUT2D eigenvalue weighted by atomic mass is 9.83.